The molecule has 3 rings (SSSR count). The monoisotopic (exact) mass is 360 g/mol. The minimum Gasteiger partial charge on any atom is -0.271 e. The van der Waals surface area contributed by atoms with Crippen LogP contribution in [0.3, 0.4) is 0 Å². The molecule has 4 heteroatoms. The maximum absolute atomic E-state index is 5.82. The minimum absolute atomic E-state index is 0.0947. The van der Waals surface area contributed by atoms with Crippen molar-refractivity contribution < 1.29 is 0 Å². The van der Waals surface area contributed by atoms with Gasteiger partial charge in [0.1, 0.15) is 0 Å². The van der Waals surface area contributed by atoms with E-state index in [1.165, 1.54) is 26.8 Å². The van der Waals surface area contributed by atoms with Gasteiger partial charge in [-0.3, -0.25) is 11.3 Å². The highest BCUT2D eigenvalue weighted by atomic mass is 79.9. The highest BCUT2D eigenvalue weighted by Crippen LogP contribution is 2.31. The lowest BCUT2D eigenvalue weighted by molar-refractivity contribution is 0.551. The molecule has 0 spiro atoms. The van der Waals surface area contributed by atoms with Crippen LogP contribution in [0.2, 0.25) is 0 Å². The van der Waals surface area contributed by atoms with E-state index in [-0.39, 0.29) is 6.04 Å². The first-order chi connectivity index (χ1) is 10.2. The lowest BCUT2D eigenvalue weighted by Crippen LogP contribution is -2.29. The Morgan fingerprint density at radius 3 is 2.86 bits per heavy atom. The predicted octanol–water partition coefficient (Wildman–Crippen LogP) is 4.72. The second kappa shape index (κ2) is 6.28. The van der Waals surface area contributed by atoms with E-state index in [9.17, 15) is 0 Å². The summed E-state index contributed by atoms with van der Waals surface area (Å²) < 4.78 is 2.42. The summed E-state index contributed by atoms with van der Waals surface area (Å²) >= 11 is 5.42. The van der Waals surface area contributed by atoms with E-state index >= 15 is 0 Å². The maximum atomic E-state index is 5.82. The lowest BCUT2D eigenvalue weighted by atomic mass is 9.98. The summed E-state index contributed by atoms with van der Waals surface area (Å²) in [5.41, 5.74) is 6.74. The number of benzene rings is 2. The fourth-order valence-corrected chi connectivity index (χ4v) is 4.10. The van der Waals surface area contributed by atoms with Crippen molar-refractivity contribution in [2.75, 3.05) is 0 Å². The van der Waals surface area contributed by atoms with Gasteiger partial charge in [-0.2, -0.15) is 0 Å². The zero-order valence-electron chi connectivity index (χ0n) is 11.8. The molecule has 0 bridgehead atoms. The summed E-state index contributed by atoms with van der Waals surface area (Å²) in [5.74, 6) is 5.82. The average molecular weight is 361 g/mol. The molecule has 1 heterocycles. The number of aryl methyl sites for hydroxylation is 1. The molecule has 3 aromatic rings. The number of thiophene rings is 1. The van der Waals surface area contributed by atoms with Gasteiger partial charge < -0.3 is 0 Å². The summed E-state index contributed by atoms with van der Waals surface area (Å²) in [6, 6.07) is 15.0. The Hall–Kier alpha value is -1.20. The molecule has 2 aromatic carbocycles. The van der Waals surface area contributed by atoms with Crippen molar-refractivity contribution >= 4 is 37.4 Å². The molecule has 0 aliphatic heterocycles. The van der Waals surface area contributed by atoms with Gasteiger partial charge in [-0.1, -0.05) is 51.8 Å². The van der Waals surface area contributed by atoms with Gasteiger partial charge in [0.25, 0.3) is 0 Å². The summed E-state index contributed by atoms with van der Waals surface area (Å²) in [6.45, 7) is 2.10. The average Bonchev–Trinajstić information content (AvgIpc) is 2.91. The molecule has 3 N–H and O–H groups in total. The van der Waals surface area contributed by atoms with Crippen molar-refractivity contribution in [1.82, 2.24) is 5.43 Å². The van der Waals surface area contributed by atoms with Gasteiger partial charge in [-0.05, 0) is 47.4 Å². The van der Waals surface area contributed by atoms with Gasteiger partial charge >= 0.3 is 0 Å². The fraction of sp³-hybridized carbons (Fsp3) is 0.176. The van der Waals surface area contributed by atoms with E-state index < -0.39 is 0 Å². The normalized spacial score (nSPS) is 12.7. The fourth-order valence-electron chi connectivity index (χ4n) is 2.60. The third kappa shape index (κ3) is 3.04. The molecule has 21 heavy (non-hydrogen) atoms. The molecule has 0 saturated heterocycles. The van der Waals surface area contributed by atoms with Crippen LogP contribution in [0.5, 0.6) is 0 Å². The molecule has 108 valence electrons. The van der Waals surface area contributed by atoms with Gasteiger partial charge in [0.15, 0.2) is 0 Å². The summed E-state index contributed by atoms with van der Waals surface area (Å²) in [5, 5.41) is 3.56. The highest BCUT2D eigenvalue weighted by Gasteiger charge is 2.16. The number of halogens is 1. The van der Waals surface area contributed by atoms with Gasteiger partial charge in [0.05, 0.1) is 6.04 Å². The predicted molar refractivity (Wildman–Crippen MR) is 94.5 cm³/mol. The smallest absolute Gasteiger partial charge is 0.0512 e. The molecular formula is C17H17BrN2S. The van der Waals surface area contributed by atoms with Crippen LogP contribution < -0.4 is 11.3 Å². The third-order valence-corrected chi connectivity index (χ3v) is 5.45. The molecule has 1 atom stereocenters. The topological polar surface area (TPSA) is 38.0 Å². The van der Waals surface area contributed by atoms with Gasteiger partial charge in [0, 0.05) is 9.17 Å². The highest BCUT2D eigenvalue weighted by molar-refractivity contribution is 9.10. The van der Waals surface area contributed by atoms with Crippen LogP contribution in [0.25, 0.3) is 10.1 Å². The summed E-state index contributed by atoms with van der Waals surface area (Å²) in [4.78, 5) is 0. The van der Waals surface area contributed by atoms with Crippen LogP contribution in [0, 0.1) is 6.92 Å². The third-order valence-electron chi connectivity index (χ3n) is 3.71. The van der Waals surface area contributed by atoms with Crippen molar-refractivity contribution in [3.8, 4) is 0 Å². The second-order valence-corrected chi connectivity index (χ2v) is 6.97. The molecule has 1 aromatic heterocycles. The molecule has 0 fully saturated rings. The first kappa shape index (κ1) is 14.7. The number of hydrazine groups is 1. The Bertz CT molecular complexity index is 766. The van der Waals surface area contributed by atoms with E-state index in [4.69, 9.17) is 5.84 Å². The molecule has 1 unspecified atom stereocenters. The molecule has 0 saturated carbocycles. The Kier molecular flexibility index (Phi) is 4.40. The first-order valence-corrected chi connectivity index (χ1v) is 8.53. The zero-order chi connectivity index (χ0) is 14.8. The molecular weight excluding hydrogens is 344 g/mol. The quantitative estimate of drug-likeness (QED) is 0.521. The molecule has 2 nitrogen and oxygen atoms in total. The van der Waals surface area contributed by atoms with E-state index in [0.29, 0.717) is 0 Å². The molecule has 0 aliphatic carbocycles. The van der Waals surface area contributed by atoms with Crippen LogP contribution in [0.4, 0.5) is 0 Å². The van der Waals surface area contributed by atoms with Crippen molar-refractivity contribution in [3.05, 3.63) is 69.0 Å². The number of rotatable bonds is 4. The number of hydrogen-bond donors (Lipinski definition) is 2. The number of nitrogens with two attached hydrogens (primary N) is 1. The van der Waals surface area contributed by atoms with Gasteiger partial charge in [-0.15, -0.1) is 11.3 Å². The van der Waals surface area contributed by atoms with Crippen molar-refractivity contribution in [2.45, 2.75) is 19.4 Å². The van der Waals surface area contributed by atoms with Gasteiger partial charge in [0.2, 0.25) is 0 Å². The van der Waals surface area contributed by atoms with E-state index in [1.807, 2.05) is 0 Å². The Morgan fingerprint density at radius 2 is 2.05 bits per heavy atom. The van der Waals surface area contributed by atoms with E-state index in [2.05, 4.69) is 76.1 Å². The second-order valence-electron chi connectivity index (χ2n) is 5.21. The summed E-state index contributed by atoms with van der Waals surface area (Å²) in [7, 11) is 0. The first-order valence-electron chi connectivity index (χ1n) is 6.86. The van der Waals surface area contributed by atoms with Gasteiger partial charge in [-0.25, -0.2) is 0 Å². The Labute approximate surface area is 137 Å². The van der Waals surface area contributed by atoms with E-state index in [1.54, 1.807) is 11.3 Å². The van der Waals surface area contributed by atoms with Crippen molar-refractivity contribution in [2.24, 2.45) is 5.84 Å². The Balaban J connectivity index is 1.96. The molecule has 0 aliphatic rings. The molecule has 0 amide bonds. The van der Waals surface area contributed by atoms with Crippen LogP contribution >= 0.6 is 27.3 Å². The largest absolute Gasteiger partial charge is 0.271 e. The number of hydrogen-bond acceptors (Lipinski definition) is 3. The van der Waals surface area contributed by atoms with Crippen molar-refractivity contribution in [3.63, 3.8) is 0 Å². The Morgan fingerprint density at radius 1 is 1.24 bits per heavy atom. The standard InChI is InChI=1S/C17H17BrN2S/c1-11-6-7-15(18)14(8-11)16(20-19)9-12-10-21-17-5-3-2-4-13(12)17/h2-8,10,16,20H,9,19H2,1H3. The summed E-state index contributed by atoms with van der Waals surface area (Å²) in [6.07, 6.45) is 0.878. The van der Waals surface area contributed by atoms with Crippen LogP contribution in [0.1, 0.15) is 22.7 Å². The maximum Gasteiger partial charge on any atom is 0.0512 e. The van der Waals surface area contributed by atoms with Crippen LogP contribution in [-0.2, 0) is 6.42 Å². The minimum atomic E-state index is 0.0947. The lowest BCUT2D eigenvalue weighted by Gasteiger charge is -2.18. The van der Waals surface area contributed by atoms with E-state index in [0.717, 1.165) is 10.9 Å². The van der Waals surface area contributed by atoms with Crippen LogP contribution in [-0.4, -0.2) is 0 Å². The number of nitrogens with one attached hydrogen (secondary N) is 1. The SMILES string of the molecule is Cc1ccc(Br)c(C(Cc2csc3ccccc23)NN)c1. The van der Waals surface area contributed by atoms with Crippen LogP contribution in [0.15, 0.2) is 52.3 Å². The zero-order valence-corrected chi connectivity index (χ0v) is 14.2. The van der Waals surface area contributed by atoms with Crippen molar-refractivity contribution in [1.29, 1.82) is 0 Å². The molecule has 0 radical (unpaired) electrons. The number of fused-ring (bicyclic) bond motifs is 1.